The third-order valence-electron chi connectivity index (χ3n) is 2.96. The van der Waals surface area contributed by atoms with E-state index >= 15 is 0 Å². The van der Waals surface area contributed by atoms with Crippen LogP contribution in [0.1, 0.15) is 23.6 Å². The van der Waals surface area contributed by atoms with Gasteiger partial charge in [-0.3, -0.25) is 4.90 Å². The summed E-state index contributed by atoms with van der Waals surface area (Å²) in [5.74, 6) is 0. The molecular weight excluding hydrogens is 200 g/mol. The van der Waals surface area contributed by atoms with Crippen LogP contribution in [-0.4, -0.2) is 29.7 Å². The molecule has 1 aromatic rings. The van der Waals surface area contributed by atoms with Gasteiger partial charge in [0.2, 0.25) is 0 Å². The van der Waals surface area contributed by atoms with Crippen LogP contribution >= 0.6 is 0 Å². The van der Waals surface area contributed by atoms with Gasteiger partial charge in [0, 0.05) is 26.2 Å². The number of fused-ring (bicyclic) bond motifs is 1. The van der Waals surface area contributed by atoms with Crippen molar-refractivity contribution in [2.45, 2.75) is 32.7 Å². The van der Waals surface area contributed by atoms with Crippen molar-refractivity contribution >= 4 is 0 Å². The van der Waals surface area contributed by atoms with Crippen molar-refractivity contribution < 1.29 is 5.11 Å². The van der Waals surface area contributed by atoms with Crippen LogP contribution in [0.3, 0.4) is 0 Å². The van der Waals surface area contributed by atoms with Crippen molar-refractivity contribution in [2.75, 3.05) is 13.6 Å². The zero-order valence-corrected chi connectivity index (χ0v) is 10.0. The number of rotatable bonds is 4. The highest BCUT2D eigenvalue weighted by Gasteiger charge is 2.19. The van der Waals surface area contributed by atoms with Crippen LogP contribution in [0.4, 0.5) is 0 Å². The molecule has 0 radical (unpaired) electrons. The highest BCUT2D eigenvalue weighted by atomic mass is 16.3. The van der Waals surface area contributed by atoms with Crippen molar-refractivity contribution in [1.29, 1.82) is 0 Å². The van der Waals surface area contributed by atoms with Crippen LogP contribution in [0.5, 0.6) is 0 Å². The van der Waals surface area contributed by atoms with Crippen LogP contribution in [0.2, 0.25) is 0 Å². The van der Waals surface area contributed by atoms with E-state index in [1.165, 1.54) is 16.7 Å². The number of aliphatic hydroxyl groups is 1. The summed E-state index contributed by atoms with van der Waals surface area (Å²) < 4.78 is 0. The van der Waals surface area contributed by atoms with Gasteiger partial charge in [0.05, 0.1) is 6.10 Å². The van der Waals surface area contributed by atoms with E-state index in [1.807, 2.05) is 14.0 Å². The van der Waals surface area contributed by atoms with Gasteiger partial charge in [0.15, 0.2) is 0 Å². The van der Waals surface area contributed by atoms with Crippen LogP contribution in [-0.2, 0) is 19.6 Å². The highest BCUT2D eigenvalue weighted by Crippen LogP contribution is 2.23. The van der Waals surface area contributed by atoms with Gasteiger partial charge < -0.3 is 10.4 Å². The van der Waals surface area contributed by atoms with Crippen molar-refractivity contribution in [3.05, 3.63) is 34.9 Å². The first-order chi connectivity index (χ1) is 7.69. The molecule has 0 spiro atoms. The largest absolute Gasteiger partial charge is 0.392 e. The lowest BCUT2D eigenvalue weighted by Gasteiger charge is -2.16. The second kappa shape index (κ2) is 4.95. The Hall–Kier alpha value is -0.900. The monoisotopic (exact) mass is 220 g/mol. The summed E-state index contributed by atoms with van der Waals surface area (Å²) in [6.45, 7) is 5.47. The van der Waals surface area contributed by atoms with Crippen molar-refractivity contribution in [1.82, 2.24) is 10.2 Å². The van der Waals surface area contributed by atoms with E-state index in [4.69, 9.17) is 0 Å². The third kappa shape index (κ3) is 2.61. The lowest BCUT2D eigenvalue weighted by Crippen LogP contribution is -2.25. The molecule has 0 saturated heterocycles. The SMILES string of the molecule is CNCc1ccc2c(c1)CN(CC(C)O)C2. The van der Waals surface area contributed by atoms with Gasteiger partial charge in [-0.15, -0.1) is 0 Å². The fourth-order valence-corrected chi connectivity index (χ4v) is 2.34. The summed E-state index contributed by atoms with van der Waals surface area (Å²) in [5, 5.41) is 12.5. The minimum atomic E-state index is -0.244. The number of nitrogens with zero attached hydrogens (tertiary/aromatic N) is 1. The number of hydrogen-bond donors (Lipinski definition) is 2. The third-order valence-corrected chi connectivity index (χ3v) is 2.96. The molecule has 1 aromatic carbocycles. The number of hydrogen-bond acceptors (Lipinski definition) is 3. The molecule has 16 heavy (non-hydrogen) atoms. The van der Waals surface area contributed by atoms with Gasteiger partial charge >= 0.3 is 0 Å². The normalized spacial score (nSPS) is 17.4. The van der Waals surface area contributed by atoms with Crippen LogP contribution in [0.25, 0.3) is 0 Å². The topological polar surface area (TPSA) is 35.5 Å². The van der Waals surface area contributed by atoms with Crippen molar-refractivity contribution in [3.8, 4) is 0 Å². The van der Waals surface area contributed by atoms with E-state index in [0.717, 1.165) is 26.2 Å². The Morgan fingerprint density at radius 1 is 1.38 bits per heavy atom. The Morgan fingerprint density at radius 2 is 2.12 bits per heavy atom. The quantitative estimate of drug-likeness (QED) is 0.797. The van der Waals surface area contributed by atoms with E-state index in [1.54, 1.807) is 0 Å². The molecule has 1 unspecified atom stereocenters. The van der Waals surface area contributed by atoms with Crippen molar-refractivity contribution in [3.63, 3.8) is 0 Å². The maximum atomic E-state index is 9.38. The molecule has 2 N–H and O–H groups in total. The fraction of sp³-hybridized carbons (Fsp3) is 0.538. The van der Waals surface area contributed by atoms with Crippen LogP contribution in [0, 0.1) is 0 Å². The van der Waals surface area contributed by atoms with E-state index < -0.39 is 0 Å². The molecule has 3 heteroatoms. The predicted molar refractivity (Wildman–Crippen MR) is 65.0 cm³/mol. The van der Waals surface area contributed by atoms with Gasteiger partial charge in [-0.25, -0.2) is 0 Å². The second-order valence-corrected chi connectivity index (χ2v) is 4.65. The summed E-state index contributed by atoms with van der Waals surface area (Å²) in [4.78, 5) is 2.29. The number of β-amino-alcohol motifs (C(OH)–C–C–N with tert-alkyl or cyclic N) is 1. The zero-order valence-electron chi connectivity index (χ0n) is 10.0. The Balaban J connectivity index is 2.06. The summed E-state index contributed by atoms with van der Waals surface area (Å²) in [6.07, 6.45) is -0.244. The van der Waals surface area contributed by atoms with Crippen molar-refractivity contribution in [2.24, 2.45) is 0 Å². The molecule has 0 amide bonds. The maximum absolute atomic E-state index is 9.38. The summed E-state index contributed by atoms with van der Waals surface area (Å²) >= 11 is 0. The Morgan fingerprint density at radius 3 is 2.81 bits per heavy atom. The highest BCUT2D eigenvalue weighted by molar-refractivity contribution is 5.34. The van der Waals surface area contributed by atoms with Gasteiger partial charge in [-0.1, -0.05) is 18.2 Å². The molecule has 88 valence electrons. The smallest absolute Gasteiger partial charge is 0.0639 e. The lowest BCUT2D eigenvalue weighted by atomic mass is 10.1. The number of nitrogens with one attached hydrogen (secondary N) is 1. The van der Waals surface area contributed by atoms with E-state index in [0.29, 0.717) is 0 Å². The Bertz CT molecular complexity index is 363. The standard InChI is InChI=1S/C13H20N2O/c1-10(16)7-15-8-12-4-3-11(6-14-2)5-13(12)9-15/h3-5,10,14,16H,6-9H2,1-2H3. The average molecular weight is 220 g/mol. The van der Waals surface area contributed by atoms with Crippen LogP contribution < -0.4 is 5.32 Å². The molecule has 0 fully saturated rings. The summed E-state index contributed by atoms with van der Waals surface area (Å²) in [6, 6.07) is 6.67. The molecule has 2 rings (SSSR count). The summed E-state index contributed by atoms with van der Waals surface area (Å²) in [5.41, 5.74) is 4.15. The van der Waals surface area contributed by atoms with E-state index in [-0.39, 0.29) is 6.10 Å². The van der Waals surface area contributed by atoms with Gasteiger partial charge in [0.25, 0.3) is 0 Å². The minimum absolute atomic E-state index is 0.244. The second-order valence-electron chi connectivity index (χ2n) is 4.65. The van der Waals surface area contributed by atoms with E-state index in [9.17, 15) is 5.11 Å². The molecule has 1 aliphatic rings. The molecule has 0 bridgehead atoms. The molecule has 3 nitrogen and oxygen atoms in total. The van der Waals surface area contributed by atoms with Gasteiger partial charge in [-0.05, 0) is 30.7 Å². The first-order valence-corrected chi connectivity index (χ1v) is 5.84. The summed E-state index contributed by atoms with van der Waals surface area (Å²) in [7, 11) is 1.97. The maximum Gasteiger partial charge on any atom is 0.0639 e. The van der Waals surface area contributed by atoms with E-state index in [2.05, 4.69) is 28.4 Å². The Labute approximate surface area is 97.1 Å². The van der Waals surface area contributed by atoms with Gasteiger partial charge in [0.1, 0.15) is 0 Å². The fourth-order valence-electron chi connectivity index (χ4n) is 2.34. The first-order valence-electron chi connectivity index (χ1n) is 5.84. The average Bonchev–Trinajstić information content (AvgIpc) is 2.58. The molecule has 1 atom stereocenters. The molecule has 1 heterocycles. The number of aliphatic hydroxyl groups excluding tert-OH is 1. The Kier molecular flexibility index (Phi) is 3.59. The van der Waals surface area contributed by atoms with Crippen LogP contribution in [0.15, 0.2) is 18.2 Å². The lowest BCUT2D eigenvalue weighted by molar-refractivity contribution is 0.126. The number of benzene rings is 1. The van der Waals surface area contributed by atoms with Gasteiger partial charge in [-0.2, -0.15) is 0 Å². The molecule has 0 saturated carbocycles. The molecular formula is C13H20N2O. The minimum Gasteiger partial charge on any atom is -0.392 e. The zero-order chi connectivity index (χ0) is 11.5. The predicted octanol–water partition coefficient (Wildman–Crippen LogP) is 1.10. The molecule has 1 aliphatic heterocycles. The molecule has 0 aromatic heterocycles. The molecule has 0 aliphatic carbocycles. The first kappa shape index (κ1) is 11.6.